The summed E-state index contributed by atoms with van der Waals surface area (Å²) in [7, 11) is 0.819. The van der Waals surface area contributed by atoms with Crippen LogP contribution in [0, 0.1) is 0 Å². The van der Waals surface area contributed by atoms with Gasteiger partial charge in [0, 0.05) is 33.4 Å². The number of ketones is 2. The van der Waals surface area contributed by atoms with Crippen molar-refractivity contribution in [2.45, 2.75) is 26.4 Å². The van der Waals surface area contributed by atoms with Crippen molar-refractivity contribution in [2.75, 3.05) is 5.33 Å². The minimum Gasteiger partial charge on any atom is -0.488 e. The van der Waals surface area contributed by atoms with E-state index in [1.165, 1.54) is 0 Å². The van der Waals surface area contributed by atoms with E-state index in [-0.39, 0.29) is 16.9 Å². The number of hydrogen-bond acceptors (Lipinski definition) is 4. The minimum absolute atomic E-state index is 0.0137. The van der Waals surface area contributed by atoms with Crippen LogP contribution in [0.2, 0.25) is 13.1 Å². The van der Waals surface area contributed by atoms with E-state index in [0.717, 1.165) is 35.3 Å². The molecule has 0 atom stereocenters. The molecule has 2 aliphatic heterocycles. The van der Waals surface area contributed by atoms with Gasteiger partial charge in [-0.05, 0) is 30.6 Å². The van der Waals surface area contributed by atoms with Crippen molar-refractivity contribution in [3.63, 3.8) is 0 Å². The van der Waals surface area contributed by atoms with Crippen LogP contribution in [0.15, 0.2) is 24.3 Å². The highest BCUT2D eigenvalue weighted by atomic mass is 79.9. The highest BCUT2D eigenvalue weighted by Crippen LogP contribution is 2.49. The number of halogens is 1. The van der Waals surface area contributed by atoms with Gasteiger partial charge in [-0.25, -0.2) is 0 Å². The van der Waals surface area contributed by atoms with E-state index in [1.54, 1.807) is 6.07 Å². The molecule has 0 radical (unpaired) electrons. The maximum Gasteiger partial charge on any atom is 0.173 e. The maximum absolute atomic E-state index is 12.3. The first-order valence-electron chi connectivity index (χ1n) is 8.34. The SMILES string of the molecule is CBCC(=O)c1cc2c3c(c1)OCc1cc(C(=O)CBr)cc(c1-3)OC2. The standard InChI is InChI=1S/C19H16BBrO4/c1-20-6-14(22)10-2-12-8-25-17-5-11(15(23)7-21)3-13-9-24-16(4-10)18(12)19(13)17/h2-5,20H,6-9H2,1H3. The first-order valence-corrected chi connectivity index (χ1v) is 9.46. The van der Waals surface area contributed by atoms with Crippen LogP contribution in [-0.2, 0) is 13.2 Å². The predicted molar refractivity (Wildman–Crippen MR) is 101 cm³/mol. The average Bonchev–Trinajstić information content (AvgIpc) is 2.64. The van der Waals surface area contributed by atoms with Gasteiger partial charge in [0.15, 0.2) is 11.6 Å². The Morgan fingerprint density at radius 2 is 1.48 bits per heavy atom. The Balaban J connectivity index is 1.86. The lowest BCUT2D eigenvalue weighted by atomic mass is 9.74. The highest BCUT2D eigenvalue weighted by Gasteiger charge is 2.30. The third kappa shape index (κ3) is 2.69. The Bertz CT molecular complexity index is 856. The minimum atomic E-state index is 0.0137. The third-order valence-corrected chi connectivity index (χ3v) is 5.14. The number of alkyl halides is 1. The molecule has 25 heavy (non-hydrogen) atoms. The van der Waals surface area contributed by atoms with E-state index in [2.05, 4.69) is 15.9 Å². The summed E-state index contributed by atoms with van der Waals surface area (Å²) in [6, 6.07) is 7.43. The molecular weight excluding hydrogens is 383 g/mol. The van der Waals surface area contributed by atoms with Crippen LogP contribution in [0.3, 0.4) is 0 Å². The molecule has 0 aromatic heterocycles. The number of Topliss-reactive ketones (excluding diaryl/α,β-unsaturated/α-hetero) is 2. The Labute approximate surface area is 154 Å². The Hall–Kier alpha value is -2.08. The van der Waals surface area contributed by atoms with E-state index in [0.29, 0.717) is 36.4 Å². The number of rotatable bonds is 5. The van der Waals surface area contributed by atoms with Crippen molar-refractivity contribution >= 4 is 34.8 Å². The summed E-state index contributed by atoms with van der Waals surface area (Å²) in [6.07, 6.45) is 0.527. The smallest absolute Gasteiger partial charge is 0.173 e. The molecule has 0 saturated heterocycles. The van der Waals surface area contributed by atoms with Crippen molar-refractivity contribution in [1.29, 1.82) is 0 Å². The quantitative estimate of drug-likeness (QED) is 0.436. The summed E-state index contributed by atoms with van der Waals surface area (Å²) in [5.41, 5.74) is 5.19. The van der Waals surface area contributed by atoms with Gasteiger partial charge in [0.25, 0.3) is 0 Å². The normalized spacial score (nSPS) is 13.4. The van der Waals surface area contributed by atoms with E-state index in [1.807, 2.05) is 25.0 Å². The summed E-state index contributed by atoms with van der Waals surface area (Å²) in [6.45, 7) is 2.73. The fraction of sp³-hybridized carbons (Fsp3) is 0.263. The monoisotopic (exact) mass is 398 g/mol. The summed E-state index contributed by atoms with van der Waals surface area (Å²) < 4.78 is 11.8. The number of carbonyl (C=O) groups is 2. The fourth-order valence-corrected chi connectivity index (χ4v) is 3.77. The summed E-state index contributed by atoms with van der Waals surface area (Å²) in [5.74, 6) is 1.58. The van der Waals surface area contributed by atoms with Crippen LogP contribution >= 0.6 is 15.9 Å². The lowest BCUT2D eigenvalue weighted by molar-refractivity contribution is 0.101. The molecule has 0 spiro atoms. The largest absolute Gasteiger partial charge is 0.488 e. The molecule has 6 heteroatoms. The van der Waals surface area contributed by atoms with Crippen molar-refractivity contribution in [1.82, 2.24) is 0 Å². The lowest BCUT2D eigenvalue weighted by Gasteiger charge is -2.30. The Morgan fingerprint density at radius 1 is 0.960 bits per heavy atom. The second kappa shape index (κ2) is 6.34. The zero-order chi connectivity index (χ0) is 17.6. The van der Waals surface area contributed by atoms with Gasteiger partial charge >= 0.3 is 0 Å². The molecule has 4 rings (SSSR count). The van der Waals surface area contributed by atoms with E-state index < -0.39 is 0 Å². The summed E-state index contributed by atoms with van der Waals surface area (Å²) >= 11 is 3.21. The molecule has 126 valence electrons. The molecule has 0 saturated carbocycles. The number of ether oxygens (including phenoxy) is 2. The van der Waals surface area contributed by atoms with Crippen molar-refractivity contribution in [3.8, 4) is 22.6 Å². The van der Waals surface area contributed by atoms with E-state index >= 15 is 0 Å². The van der Waals surface area contributed by atoms with Crippen LogP contribution < -0.4 is 9.47 Å². The number of carbonyl (C=O) groups excluding carboxylic acids is 2. The second-order valence-electron chi connectivity index (χ2n) is 6.32. The van der Waals surface area contributed by atoms with Crippen LogP contribution in [-0.4, -0.2) is 24.2 Å². The first kappa shape index (κ1) is 16.4. The molecule has 0 bridgehead atoms. The molecule has 2 heterocycles. The van der Waals surface area contributed by atoms with Crippen LogP contribution in [0.1, 0.15) is 31.8 Å². The molecule has 0 amide bonds. The van der Waals surface area contributed by atoms with Crippen LogP contribution in [0.4, 0.5) is 0 Å². The van der Waals surface area contributed by atoms with Gasteiger partial charge in [-0.15, -0.1) is 0 Å². The molecule has 0 fully saturated rings. The van der Waals surface area contributed by atoms with Crippen molar-refractivity contribution in [2.24, 2.45) is 0 Å². The Morgan fingerprint density at radius 3 is 1.96 bits per heavy atom. The molecule has 2 aromatic carbocycles. The van der Waals surface area contributed by atoms with Crippen LogP contribution in [0.5, 0.6) is 11.5 Å². The average molecular weight is 399 g/mol. The van der Waals surface area contributed by atoms with Gasteiger partial charge in [0.2, 0.25) is 0 Å². The van der Waals surface area contributed by atoms with Gasteiger partial charge in [0.05, 0.1) is 5.33 Å². The Kier molecular flexibility index (Phi) is 4.16. The molecule has 0 N–H and O–H groups in total. The first-order chi connectivity index (χ1) is 12.1. The van der Waals surface area contributed by atoms with Crippen molar-refractivity contribution in [3.05, 3.63) is 46.5 Å². The number of hydrogen-bond donors (Lipinski definition) is 0. The zero-order valence-corrected chi connectivity index (χ0v) is 15.4. The summed E-state index contributed by atoms with van der Waals surface area (Å²) in [5, 5.41) is 0.275. The lowest BCUT2D eigenvalue weighted by Crippen LogP contribution is -2.17. The van der Waals surface area contributed by atoms with Crippen LogP contribution in [0.25, 0.3) is 11.1 Å². The molecule has 2 aromatic rings. The zero-order valence-electron chi connectivity index (χ0n) is 13.9. The maximum atomic E-state index is 12.3. The molecule has 2 aliphatic rings. The second-order valence-corrected chi connectivity index (χ2v) is 6.89. The predicted octanol–water partition coefficient (Wildman–Crippen LogP) is 3.80. The fourth-order valence-electron chi connectivity index (χ4n) is 3.45. The van der Waals surface area contributed by atoms with Gasteiger partial charge < -0.3 is 9.47 Å². The van der Waals surface area contributed by atoms with Gasteiger partial charge in [-0.1, -0.05) is 22.8 Å². The van der Waals surface area contributed by atoms with E-state index in [9.17, 15) is 9.59 Å². The topological polar surface area (TPSA) is 52.6 Å². The van der Waals surface area contributed by atoms with Crippen molar-refractivity contribution < 1.29 is 19.1 Å². The molecule has 4 nitrogen and oxygen atoms in total. The van der Waals surface area contributed by atoms with Gasteiger partial charge in [-0.2, -0.15) is 0 Å². The van der Waals surface area contributed by atoms with E-state index in [4.69, 9.17) is 9.47 Å². The molecule has 0 unspecified atom stereocenters. The van der Waals surface area contributed by atoms with Gasteiger partial charge in [0.1, 0.15) is 32.0 Å². The summed E-state index contributed by atoms with van der Waals surface area (Å²) in [4.78, 5) is 24.3. The molecule has 0 aliphatic carbocycles. The number of benzene rings is 2. The highest BCUT2D eigenvalue weighted by molar-refractivity contribution is 9.09. The van der Waals surface area contributed by atoms with Gasteiger partial charge in [-0.3, -0.25) is 9.59 Å². The third-order valence-electron chi connectivity index (χ3n) is 4.63. The molecular formula is C19H16BBrO4.